The maximum absolute atomic E-state index is 13.8. The van der Waals surface area contributed by atoms with Crippen molar-refractivity contribution < 1.29 is 24.2 Å². The lowest BCUT2D eigenvalue weighted by atomic mass is 9.71. The van der Waals surface area contributed by atoms with E-state index in [-0.39, 0.29) is 12.3 Å². The molecule has 0 spiro atoms. The number of carboxylic acid groups (broad SMARTS) is 1. The molecule has 0 aromatic heterocycles. The Labute approximate surface area is 217 Å². The van der Waals surface area contributed by atoms with E-state index in [2.05, 4.69) is 5.32 Å². The molecule has 2 N–H and O–H groups in total. The van der Waals surface area contributed by atoms with E-state index >= 15 is 0 Å². The van der Waals surface area contributed by atoms with Crippen molar-refractivity contribution in [2.45, 2.75) is 57.1 Å². The number of aliphatic carboxylic acids is 1. The smallest absolute Gasteiger partial charge is 0.410 e. The number of amides is 2. The van der Waals surface area contributed by atoms with Gasteiger partial charge < -0.3 is 20.1 Å². The molecule has 1 heterocycles. The number of fused-ring (bicyclic) bond motifs is 1. The molecule has 0 aliphatic carbocycles. The van der Waals surface area contributed by atoms with Crippen LogP contribution in [-0.2, 0) is 26.2 Å². The third-order valence-corrected chi connectivity index (χ3v) is 6.89. The van der Waals surface area contributed by atoms with Gasteiger partial charge in [-0.05, 0) is 55.5 Å². The topological polar surface area (TPSA) is 95.9 Å². The Morgan fingerprint density at radius 2 is 1.57 bits per heavy atom. The molecule has 2 amide bonds. The first-order chi connectivity index (χ1) is 17.6. The summed E-state index contributed by atoms with van der Waals surface area (Å²) in [5.41, 5.74) is 0.0858. The van der Waals surface area contributed by atoms with E-state index in [9.17, 15) is 19.5 Å². The van der Waals surface area contributed by atoms with Gasteiger partial charge in [-0.15, -0.1) is 0 Å². The third-order valence-electron chi connectivity index (χ3n) is 6.89. The molecule has 4 rings (SSSR count). The molecule has 0 radical (unpaired) electrons. The van der Waals surface area contributed by atoms with Crippen LogP contribution in [0.4, 0.5) is 4.79 Å². The predicted molar refractivity (Wildman–Crippen MR) is 142 cm³/mol. The highest BCUT2D eigenvalue weighted by molar-refractivity contribution is 5.92. The zero-order valence-electron chi connectivity index (χ0n) is 21.6. The van der Waals surface area contributed by atoms with E-state index in [1.54, 1.807) is 4.90 Å². The van der Waals surface area contributed by atoms with Gasteiger partial charge in [-0.1, -0.05) is 72.8 Å². The van der Waals surface area contributed by atoms with Gasteiger partial charge in [0.1, 0.15) is 11.6 Å². The molecule has 0 saturated carbocycles. The number of nitrogens with one attached hydrogen (secondary N) is 1. The first-order valence-electron chi connectivity index (χ1n) is 12.6. The Hall–Kier alpha value is -3.87. The molecule has 1 saturated heterocycles. The summed E-state index contributed by atoms with van der Waals surface area (Å²) in [5.74, 6) is -1.42. The lowest BCUT2D eigenvalue weighted by Gasteiger charge is -2.41. The summed E-state index contributed by atoms with van der Waals surface area (Å²) in [5, 5.41) is 14.9. The second kappa shape index (κ2) is 10.6. The summed E-state index contributed by atoms with van der Waals surface area (Å²) >= 11 is 0. The molecular weight excluding hydrogens is 468 g/mol. The maximum Gasteiger partial charge on any atom is 0.410 e. The lowest BCUT2D eigenvalue weighted by molar-refractivity contribution is -0.143. The van der Waals surface area contributed by atoms with Crippen LogP contribution in [0.1, 0.15) is 44.7 Å². The van der Waals surface area contributed by atoms with E-state index in [0.717, 1.165) is 21.9 Å². The molecule has 1 aliphatic rings. The normalized spacial score (nSPS) is 16.1. The average molecular weight is 503 g/mol. The first-order valence-corrected chi connectivity index (χ1v) is 12.6. The van der Waals surface area contributed by atoms with Gasteiger partial charge >= 0.3 is 12.1 Å². The number of nitrogens with zero attached hydrogens (tertiary/aromatic N) is 1. The Morgan fingerprint density at radius 1 is 0.946 bits per heavy atom. The van der Waals surface area contributed by atoms with Gasteiger partial charge in [0.05, 0.1) is 5.41 Å². The minimum Gasteiger partial charge on any atom is -0.480 e. The van der Waals surface area contributed by atoms with E-state index in [1.165, 1.54) is 0 Å². The maximum atomic E-state index is 13.8. The number of carbonyl (C=O) groups excluding carboxylic acids is 2. The second-order valence-corrected chi connectivity index (χ2v) is 10.7. The van der Waals surface area contributed by atoms with E-state index in [0.29, 0.717) is 25.9 Å². The standard InChI is InChI=1S/C30H34N2O5/c1-29(2,3)37-28(36)32-17-15-30(16-18-32,24-11-5-4-6-12-24)27(35)31-25(26(33)34)20-21-13-14-22-9-7-8-10-23(22)19-21/h4-14,19,25H,15-18,20H2,1-3H3,(H,31,35)(H,33,34)/t25-/m0/s1. The highest BCUT2D eigenvalue weighted by atomic mass is 16.6. The van der Waals surface area contributed by atoms with E-state index < -0.39 is 29.1 Å². The van der Waals surface area contributed by atoms with Crippen LogP contribution in [0.25, 0.3) is 10.8 Å². The number of carboxylic acids is 1. The fourth-order valence-corrected chi connectivity index (χ4v) is 4.90. The monoisotopic (exact) mass is 502 g/mol. The number of benzene rings is 3. The van der Waals surface area contributed by atoms with Crippen molar-refractivity contribution in [3.8, 4) is 0 Å². The van der Waals surface area contributed by atoms with Crippen molar-refractivity contribution >= 4 is 28.7 Å². The lowest BCUT2D eigenvalue weighted by Crippen LogP contribution is -2.56. The molecule has 1 aliphatic heterocycles. The Balaban J connectivity index is 1.54. The van der Waals surface area contributed by atoms with Crippen LogP contribution in [-0.4, -0.2) is 52.7 Å². The fraction of sp³-hybridized carbons (Fsp3) is 0.367. The van der Waals surface area contributed by atoms with Gasteiger partial charge in [0.2, 0.25) is 5.91 Å². The van der Waals surface area contributed by atoms with Crippen LogP contribution in [0.3, 0.4) is 0 Å². The summed E-state index contributed by atoms with van der Waals surface area (Å²) < 4.78 is 5.51. The molecule has 0 unspecified atom stereocenters. The minimum atomic E-state index is -1.09. The molecule has 3 aromatic carbocycles. The van der Waals surface area contributed by atoms with Crippen LogP contribution >= 0.6 is 0 Å². The molecule has 0 bridgehead atoms. The van der Waals surface area contributed by atoms with Crippen LogP contribution in [0, 0.1) is 0 Å². The van der Waals surface area contributed by atoms with Gasteiger partial charge in [0.15, 0.2) is 0 Å². The van der Waals surface area contributed by atoms with Gasteiger partial charge in [0, 0.05) is 19.5 Å². The largest absolute Gasteiger partial charge is 0.480 e. The quantitative estimate of drug-likeness (QED) is 0.499. The summed E-state index contributed by atoms with van der Waals surface area (Å²) in [6.07, 6.45) is 0.490. The molecule has 1 atom stereocenters. The van der Waals surface area contributed by atoms with Gasteiger partial charge in [-0.3, -0.25) is 4.79 Å². The zero-order chi connectivity index (χ0) is 26.6. The van der Waals surface area contributed by atoms with Gasteiger partial charge in [0.25, 0.3) is 0 Å². The Kier molecular flexibility index (Phi) is 7.52. The van der Waals surface area contributed by atoms with E-state index in [4.69, 9.17) is 4.74 Å². The van der Waals surface area contributed by atoms with Crippen LogP contribution in [0.15, 0.2) is 72.8 Å². The molecule has 3 aromatic rings. The van der Waals surface area contributed by atoms with Crippen molar-refractivity contribution in [1.82, 2.24) is 10.2 Å². The Morgan fingerprint density at radius 3 is 2.19 bits per heavy atom. The second-order valence-electron chi connectivity index (χ2n) is 10.7. The highest BCUT2D eigenvalue weighted by Crippen LogP contribution is 2.36. The molecular formula is C30H34N2O5. The van der Waals surface area contributed by atoms with Crippen LogP contribution < -0.4 is 5.32 Å². The SMILES string of the molecule is CC(C)(C)OC(=O)N1CCC(C(=O)N[C@@H](Cc2ccc3ccccc3c2)C(=O)O)(c2ccccc2)CC1. The van der Waals surface area contributed by atoms with Crippen molar-refractivity contribution in [2.24, 2.45) is 0 Å². The fourth-order valence-electron chi connectivity index (χ4n) is 4.90. The number of hydrogen-bond donors (Lipinski definition) is 2. The van der Waals surface area contributed by atoms with E-state index in [1.807, 2.05) is 93.6 Å². The average Bonchev–Trinajstić information content (AvgIpc) is 2.87. The van der Waals surface area contributed by atoms with Gasteiger partial charge in [-0.2, -0.15) is 0 Å². The number of carbonyl (C=O) groups is 3. The highest BCUT2D eigenvalue weighted by Gasteiger charge is 2.45. The summed E-state index contributed by atoms with van der Waals surface area (Å²) in [6.45, 7) is 6.12. The number of likely N-dealkylation sites (tertiary alicyclic amines) is 1. The van der Waals surface area contributed by atoms with Crippen LogP contribution in [0.5, 0.6) is 0 Å². The zero-order valence-corrected chi connectivity index (χ0v) is 21.6. The number of piperidine rings is 1. The summed E-state index contributed by atoms with van der Waals surface area (Å²) in [7, 11) is 0. The third kappa shape index (κ3) is 6.10. The molecule has 37 heavy (non-hydrogen) atoms. The molecule has 194 valence electrons. The number of rotatable bonds is 6. The predicted octanol–water partition coefficient (Wildman–Crippen LogP) is 4.92. The van der Waals surface area contributed by atoms with Crippen molar-refractivity contribution in [3.63, 3.8) is 0 Å². The molecule has 7 nitrogen and oxygen atoms in total. The molecule has 1 fully saturated rings. The summed E-state index contributed by atoms with van der Waals surface area (Å²) in [6, 6.07) is 22.0. The number of ether oxygens (including phenoxy) is 1. The molecule has 7 heteroatoms. The summed E-state index contributed by atoms with van der Waals surface area (Å²) in [4.78, 5) is 40.3. The first kappa shape index (κ1) is 26.2. The van der Waals surface area contributed by atoms with Crippen molar-refractivity contribution in [2.75, 3.05) is 13.1 Å². The van der Waals surface area contributed by atoms with Crippen LogP contribution in [0.2, 0.25) is 0 Å². The van der Waals surface area contributed by atoms with Gasteiger partial charge in [-0.25, -0.2) is 9.59 Å². The number of hydrogen-bond acceptors (Lipinski definition) is 4. The minimum absolute atomic E-state index is 0.167. The Bertz CT molecular complexity index is 1270. The van der Waals surface area contributed by atoms with Crippen molar-refractivity contribution in [1.29, 1.82) is 0 Å². The van der Waals surface area contributed by atoms with Crippen molar-refractivity contribution in [3.05, 3.63) is 83.9 Å².